The van der Waals surface area contributed by atoms with Crippen molar-refractivity contribution in [3.05, 3.63) is 95.3 Å². The van der Waals surface area contributed by atoms with Gasteiger partial charge >= 0.3 is 0 Å². The van der Waals surface area contributed by atoms with Crippen molar-refractivity contribution in [2.75, 3.05) is 37.3 Å². The summed E-state index contributed by atoms with van der Waals surface area (Å²) >= 11 is 0. The van der Waals surface area contributed by atoms with Gasteiger partial charge in [-0.1, -0.05) is 36.4 Å². The molecule has 1 aliphatic rings. The molecule has 0 bridgehead atoms. The molecule has 8 heteroatoms. The number of rotatable bonds is 7. The van der Waals surface area contributed by atoms with Crippen molar-refractivity contribution in [1.82, 2.24) is 9.29 Å². The Bertz CT molecular complexity index is 1240. The van der Waals surface area contributed by atoms with Crippen LogP contribution in [0.25, 0.3) is 0 Å². The zero-order valence-electron chi connectivity index (χ0n) is 19.6. The first-order valence-corrected chi connectivity index (χ1v) is 13.2. The molecule has 0 saturated carbocycles. The van der Waals surface area contributed by atoms with Gasteiger partial charge in [-0.2, -0.15) is 4.31 Å². The van der Waals surface area contributed by atoms with E-state index >= 15 is 0 Å². The summed E-state index contributed by atoms with van der Waals surface area (Å²) in [5, 5.41) is 11.7. The van der Waals surface area contributed by atoms with Crippen molar-refractivity contribution in [2.24, 2.45) is 5.16 Å². The Morgan fingerprint density at radius 2 is 1.65 bits per heavy atom. The number of pyridine rings is 1. The van der Waals surface area contributed by atoms with Crippen LogP contribution < -0.4 is 4.90 Å². The molecule has 2 aromatic carbocycles. The molecule has 0 aliphatic carbocycles. The third kappa shape index (κ3) is 5.46. The molecule has 34 heavy (non-hydrogen) atoms. The third-order valence-corrected chi connectivity index (χ3v) is 7.78. The summed E-state index contributed by atoms with van der Waals surface area (Å²) in [7, 11) is -3.15. The van der Waals surface area contributed by atoms with Gasteiger partial charge in [0.05, 0.1) is 11.4 Å². The van der Waals surface area contributed by atoms with Crippen LogP contribution in [0.3, 0.4) is 0 Å². The van der Waals surface area contributed by atoms with Crippen molar-refractivity contribution in [3.63, 3.8) is 0 Å². The van der Waals surface area contributed by atoms with Crippen LogP contribution in [0, 0.1) is 6.92 Å². The van der Waals surface area contributed by atoms with E-state index in [0.29, 0.717) is 32.6 Å². The Kier molecular flexibility index (Phi) is 7.29. The van der Waals surface area contributed by atoms with Crippen molar-refractivity contribution in [2.45, 2.75) is 19.3 Å². The lowest BCUT2D eigenvalue weighted by Gasteiger charge is -2.35. The lowest BCUT2D eigenvalue weighted by molar-refractivity contribution is 0.317. The highest BCUT2D eigenvalue weighted by atomic mass is 32.2. The van der Waals surface area contributed by atoms with Gasteiger partial charge in [0.2, 0.25) is 10.0 Å². The second-order valence-corrected chi connectivity index (χ2v) is 10.6. The minimum Gasteiger partial charge on any atom is -0.469 e. The highest BCUT2D eigenvalue weighted by molar-refractivity contribution is 7.88. The van der Waals surface area contributed by atoms with E-state index in [1.54, 1.807) is 12.4 Å². The summed E-state index contributed by atoms with van der Waals surface area (Å²) in [5.41, 5.74) is 6.28. The van der Waals surface area contributed by atoms with Crippen molar-refractivity contribution in [3.8, 4) is 0 Å². The van der Waals surface area contributed by atoms with Crippen molar-refractivity contribution < 1.29 is 13.6 Å². The van der Waals surface area contributed by atoms with Gasteiger partial charge in [-0.15, -0.1) is 0 Å². The minimum absolute atomic E-state index is 0.0506. The first-order valence-electron chi connectivity index (χ1n) is 11.4. The molecule has 2 N–H and O–H groups in total. The molecule has 1 aromatic heterocycles. The maximum atomic E-state index is 11.8. The van der Waals surface area contributed by atoms with Gasteiger partial charge in [0.15, 0.2) is 0 Å². The third-order valence-electron chi connectivity index (χ3n) is 6.48. The SMILES string of the molecule is Cc1ccccc1C(C/C(=N\[OH2+])c1ccncc1)c1ccc(N2CCN(S(C)(=O)=O)CC2)cc1. The van der Waals surface area contributed by atoms with Crippen molar-refractivity contribution >= 4 is 21.4 Å². The summed E-state index contributed by atoms with van der Waals surface area (Å²) < 4.78 is 25.1. The molecule has 0 amide bonds. The summed E-state index contributed by atoms with van der Waals surface area (Å²) in [6.07, 6.45) is 5.32. The molecule has 1 fully saturated rings. The van der Waals surface area contributed by atoms with Gasteiger partial charge in [0, 0.05) is 62.2 Å². The molecular formula is C26H31N4O3S+. The highest BCUT2D eigenvalue weighted by Gasteiger charge is 2.25. The molecule has 1 unspecified atom stereocenters. The number of anilines is 1. The van der Waals surface area contributed by atoms with Gasteiger partial charge in [0.1, 0.15) is 5.71 Å². The molecule has 3 aromatic rings. The van der Waals surface area contributed by atoms with E-state index in [-0.39, 0.29) is 5.92 Å². The van der Waals surface area contributed by atoms with Gasteiger partial charge in [-0.25, -0.2) is 8.42 Å². The van der Waals surface area contributed by atoms with E-state index < -0.39 is 10.0 Å². The number of hydrogen-bond acceptors (Lipinski definition) is 5. The Morgan fingerprint density at radius 1 is 1.00 bits per heavy atom. The lowest BCUT2D eigenvalue weighted by atomic mass is 9.83. The molecule has 0 spiro atoms. The molecule has 0 radical (unpaired) electrons. The van der Waals surface area contributed by atoms with E-state index in [1.807, 2.05) is 18.2 Å². The number of hydrogen-bond donors (Lipinski definition) is 0. The average Bonchev–Trinajstić information content (AvgIpc) is 2.86. The van der Waals surface area contributed by atoms with Crippen LogP contribution in [0.4, 0.5) is 5.69 Å². The number of nitrogens with zero attached hydrogens (tertiary/aromatic N) is 4. The Balaban J connectivity index is 1.59. The number of piperazine rings is 1. The first kappa shape index (κ1) is 23.9. The van der Waals surface area contributed by atoms with Crippen LogP contribution in [0.1, 0.15) is 34.6 Å². The lowest BCUT2D eigenvalue weighted by Crippen LogP contribution is -2.48. The predicted molar refractivity (Wildman–Crippen MR) is 137 cm³/mol. The fourth-order valence-electron chi connectivity index (χ4n) is 4.55. The van der Waals surface area contributed by atoms with Crippen LogP contribution in [0.2, 0.25) is 0 Å². The van der Waals surface area contributed by atoms with Gasteiger partial charge in [0.25, 0.3) is 0 Å². The van der Waals surface area contributed by atoms with E-state index in [2.05, 4.69) is 64.4 Å². The summed E-state index contributed by atoms with van der Waals surface area (Å²) in [5.74, 6) is 0.0506. The minimum atomic E-state index is -3.15. The fraction of sp³-hybridized carbons (Fsp3) is 0.308. The van der Waals surface area contributed by atoms with Crippen molar-refractivity contribution in [1.29, 1.82) is 0 Å². The van der Waals surface area contributed by atoms with Crippen LogP contribution >= 0.6 is 0 Å². The maximum Gasteiger partial charge on any atom is 0.211 e. The summed E-state index contributed by atoms with van der Waals surface area (Å²) in [4.78, 5) is 6.31. The number of sulfonamides is 1. The van der Waals surface area contributed by atoms with Crippen LogP contribution in [0.15, 0.2) is 78.2 Å². The molecular weight excluding hydrogens is 448 g/mol. The van der Waals surface area contributed by atoms with Crippen LogP contribution in [0.5, 0.6) is 0 Å². The Labute approximate surface area is 201 Å². The number of aromatic nitrogens is 1. The van der Waals surface area contributed by atoms with Gasteiger partial charge in [-0.05, 0) is 47.9 Å². The number of aryl methyl sites for hydroxylation is 1. The van der Waals surface area contributed by atoms with E-state index in [0.717, 1.165) is 22.5 Å². The standard InChI is InChI=1S/C26H30N4O3S/c1-20-5-3-4-6-24(20)25(19-26(28-31)22-11-13-27-14-12-22)21-7-9-23(10-8-21)29-15-17-30(18-16-29)34(2,32)33/h3-14,25,31H,15-19H2,1-2H3/p+1/b28-26+. The predicted octanol–water partition coefficient (Wildman–Crippen LogP) is 3.12. The van der Waals surface area contributed by atoms with E-state index in [4.69, 9.17) is 5.21 Å². The highest BCUT2D eigenvalue weighted by Crippen LogP contribution is 2.33. The van der Waals surface area contributed by atoms with Gasteiger partial charge in [-0.3, -0.25) is 4.98 Å². The van der Waals surface area contributed by atoms with E-state index in [1.165, 1.54) is 21.7 Å². The largest absolute Gasteiger partial charge is 0.469 e. The molecule has 1 atom stereocenters. The zero-order chi connectivity index (χ0) is 24.1. The number of benzene rings is 2. The second-order valence-electron chi connectivity index (χ2n) is 8.65. The maximum absolute atomic E-state index is 11.8. The summed E-state index contributed by atoms with van der Waals surface area (Å²) in [6, 6.07) is 20.6. The molecule has 4 rings (SSSR count). The van der Waals surface area contributed by atoms with Crippen LogP contribution in [-0.2, 0) is 10.0 Å². The quantitative estimate of drug-likeness (QED) is 0.296. The first-order chi connectivity index (χ1) is 16.4. The normalized spacial score (nSPS) is 16.4. The zero-order valence-corrected chi connectivity index (χ0v) is 20.4. The van der Waals surface area contributed by atoms with Gasteiger partial charge < -0.3 is 10.1 Å². The topological polar surface area (TPSA) is 88.8 Å². The summed E-state index contributed by atoms with van der Waals surface area (Å²) in [6.45, 7) is 4.46. The molecule has 178 valence electrons. The van der Waals surface area contributed by atoms with Crippen LogP contribution in [-0.4, -0.2) is 61.1 Å². The monoisotopic (exact) mass is 479 g/mol. The molecule has 7 nitrogen and oxygen atoms in total. The molecule has 1 saturated heterocycles. The smallest absolute Gasteiger partial charge is 0.211 e. The molecule has 1 aliphatic heterocycles. The Hall–Kier alpha value is -3.23. The fourth-order valence-corrected chi connectivity index (χ4v) is 5.37. The molecule has 2 heterocycles. The average molecular weight is 480 g/mol. The second kappa shape index (κ2) is 10.4. The van der Waals surface area contributed by atoms with E-state index in [9.17, 15) is 8.42 Å². The Morgan fingerprint density at radius 3 is 2.24 bits per heavy atom.